The van der Waals surface area contributed by atoms with Gasteiger partial charge in [-0.1, -0.05) is 21.9 Å². The number of carbonyl (C=O) groups is 1. The van der Waals surface area contributed by atoms with Gasteiger partial charge in [0.2, 0.25) is 0 Å². The lowest BCUT2D eigenvalue weighted by atomic mass is 10.2. The summed E-state index contributed by atoms with van der Waals surface area (Å²) < 4.78 is 5.24. The van der Waals surface area contributed by atoms with E-state index in [-0.39, 0.29) is 0 Å². The maximum atomic E-state index is 10.7. The zero-order chi connectivity index (χ0) is 10.6. The predicted octanol–water partition coefficient (Wildman–Crippen LogP) is 1.56. The Bertz CT molecular complexity index is 418. The van der Waals surface area contributed by atoms with Gasteiger partial charge < -0.3 is 10.5 Å². The van der Waals surface area contributed by atoms with Gasteiger partial charge in [-0.3, -0.25) is 0 Å². The molecule has 0 aromatic heterocycles. The fraction of sp³-hybridized carbons (Fsp3) is 0.100. The standard InChI is InChI=1S/C10H8BrNO2/c1-14-10(13)5-2-7-6-8(11)3-4-9(7)12/h3-4,6H,12H2,1H3. The molecule has 0 radical (unpaired) electrons. The van der Waals surface area contributed by atoms with Crippen LogP contribution in [0.15, 0.2) is 22.7 Å². The van der Waals surface area contributed by atoms with E-state index in [1.165, 1.54) is 7.11 Å². The maximum absolute atomic E-state index is 10.7. The molecule has 4 heteroatoms. The van der Waals surface area contributed by atoms with Crippen molar-refractivity contribution in [1.29, 1.82) is 0 Å². The number of esters is 1. The molecule has 1 aromatic carbocycles. The van der Waals surface area contributed by atoms with Crippen LogP contribution in [-0.4, -0.2) is 13.1 Å². The SMILES string of the molecule is COC(=O)C#Cc1cc(Br)ccc1N. The van der Waals surface area contributed by atoms with Crippen LogP contribution in [0, 0.1) is 11.8 Å². The maximum Gasteiger partial charge on any atom is 0.384 e. The van der Waals surface area contributed by atoms with Gasteiger partial charge in [0.25, 0.3) is 0 Å². The van der Waals surface area contributed by atoms with Gasteiger partial charge in [0.05, 0.1) is 7.11 Å². The summed E-state index contributed by atoms with van der Waals surface area (Å²) in [4.78, 5) is 10.7. The molecule has 0 aliphatic carbocycles. The van der Waals surface area contributed by atoms with Crippen LogP contribution in [-0.2, 0) is 9.53 Å². The van der Waals surface area contributed by atoms with Crippen LogP contribution in [0.4, 0.5) is 5.69 Å². The number of hydrogen-bond donors (Lipinski definition) is 1. The van der Waals surface area contributed by atoms with Crippen molar-refractivity contribution in [2.75, 3.05) is 12.8 Å². The number of nitrogen functional groups attached to an aromatic ring is 1. The molecule has 0 heterocycles. The zero-order valence-electron chi connectivity index (χ0n) is 7.50. The van der Waals surface area contributed by atoms with Crippen LogP contribution in [0.25, 0.3) is 0 Å². The van der Waals surface area contributed by atoms with Gasteiger partial charge in [0, 0.05) is 21.6 Å². The molecule has 0 saturated heterocycles. The summed E-state index contributed by atoms with van der Waals surface area (Å²) in [6, 6.07) is 5.26. The number of methoxy groups -OCH3 is 1. The molecule has 0 fully saturated rings. The van der Waals surface area contributed by atoms with E-state index in [4.69, 9.17) is 5.73 Å². The smallest absolute Gasteiger partial charge is 0.384 e. The summed E-state index contributed by atoms with van der Waals surface area (Å²) in [6.07, 6.45) is 0. The fourth-order valence-corrected chi connectivity index (χ4v) is 1.17. The number of benzene rings is 1. The molecule has 0 bridgehead atoms. The number of nitrogens with two attached hydrogens (primary N) is 1. The Hall–Kier alpha value is -1.47. The quantitative estimate of drug-likeness (QED) is 0.434. The third kappa shape index (κ3) is 2.79. The Morgan fingerprint density at radius 3 is 2.93 bits per heavy atom. The van der Waals surface area contributed by atoms with Crippen molar-refractivity contribution in [3.8, 4) is 11.8 Å². The topological polar surface area (TPSA) is 52.3 Å². The summed E-state index contributed by atoms with van der Waals surface area (Å²) in [7, 11) is 1.28. The molecule has 0 aliphatic heterocycles. The molecule has 1 rings (SSSR count). The molecule has 2 N–H and O–H groups in total. The first-order valence-electron chi connectivity index (χ1n) is 3.78. The number of hydrogen-bond acceptors (Lipinski definition) is 3. The normalized spacial score (nSPS) is 8.71. The van der Waals surface area contributed by atoms with Crippen molar-refractivity contribution in [3.63, 3.8) is 0 Å². The third-order valence-corrected chi connectivity index (χ3v) is 1.99. The number of ether oxygens (including phenoxy) is 1. The Labute approximate surface area is 90.4 Å². The van der Waals surface area contributed by atoms with Crippen molar-refractivity contribution < 1.29 is 9.53 Å². The lowest BCUT2D eigenvalue weighted by Gasteiger charge is -1.97. The van der Waals surface area contributed by atoms with Crippen molar-refractivity contribution >= 4 is 27.6 Å². The second-order valence-electron chi connectivity index (χ2n) is 2.47. The van der Waals surface area contributed by atoms with E-state index in [0.29, 0.717) is 11.3 Å². The van der Waals surface area contributed by atoms with Gasteiger partial charge in [0.1, 0.15) is 0 Å². The highest BCUT2D eigenvalue weighted by molar-refractivity contribution is 9.10. The monoisotopic (exact) mass is 253 g/mol. The van der Waals surface area contributed by atoms with Crippen LogP contribution in [0.2, 0.25) is 0 Å². The average molecular weight is 254 g/mol. The summed E-state index contributed by atoms with van der Waals surface area (Å²) in [5.74, 6) is 4.35. The first-order valence-corrected chi connectivity index (χ1v) is 4.58. The van der Waals surface area contributed by atoms with Crippen LogP contribution in [0.5, 0.6) is 0 Å². The zero-order valence-corrected chi connectivity index (χ0v) is 9.09. The number of carbonyl (C=O) groups excluding carboxylic acids is 1. The van der Waals surface area contributed by atoms with Gasteiger partial charge in [-0.25, -0.2) is 4.79 Å². The minimum absolute atomic E-state index is 0.532. The first kappa shape index (κ1) is 10.6. The Kier molecular flexibility index (Phi) is 3.55. The highest BCUT2D eigenvalue weighted by Gasteiger charge is 1.97. The Balaban J connectivity index is 3.00. The van der Waals surface area contributed by atoms with Gasteiger partial charge in [-0.2, -0.15) is 0 Å². The molecule has 0 unspecified atom stereocenters. The van der Waals surface area contributed by atoms with E-state index in [1.807, 2.05) is 0 Å². The van der Waals surface area contributed by atoms with Crippen LogP contribution in [0.1, 0.15) is 5.56 Å². The predicted molar refractivity (Wildman–Crippen MR) is 57.4 cm³/mol. The van der Waals surface area contributed by atoms with E-state index in [1.54, 1.807) is 18.2 Å². The second-order valence-corrected chi connectivity index (χ2v) is 3.39. The highest BCUT2D eigenvalue weighted by Crippen LogP contribution is 2.17. The molecule has 0 spiro atoms. The first-order chi connectivity index (χ1) is 6.63. The molecule has 1 aromatic rings. The lowest BCUT2D eigenvalue weighted by molar-refractivity contribution is -0.133. The van der Waals surface area contributed by atoms with E-state index in [9.17, 15) is 4.79 Å². The minimum Gasteiger partial charge on any atom is -0.459 e. The summed E-state index contributed by atoms with van der Waals surface area (Å²) >= 11 is 3.28. The summed E-state index contributed by atoms with van der Waals surface area (Å²) in [6.45, 7) is 0. The van der Waals surface area contributed by atoms with E-state index < -0.39 is 5.97 Å². The molecule has 0 atom stereocenters. The molecule has 0 saturated carbocycles. The summed E-state index contributed by atoms with van der Waals surface area (Å²) in [5, 5.41) is 0. The van der Waals surface area contributed by atoms with Gasteiger partial charge in [0.15, 0.2) is 0 Å². The Morgan fingerprint density at radius 2 is 2.29 bits per heavy atom. The Morgan fingerprint density at radius 1 is 1.57 bits per heavy atom. The van der Waals surface area contributed by atoms with Crippen LogP contribution >= 0.6 is 15.9 Å². The number of halogens is 1. The van der Waals surface area contributed by atoms with Crippen molar-refractivity contribution in [3.05, 3.63) is 28.2 Å². The molecule has 0 aliphatic rings. The summed E-state index contributed by atoms with van der Waals surface area (Å²) in [5.41, 5.74) is 6.78. The molecule has 72 valence electrons. The molecular formula is C10H8BrNO2. The molecule has 14 heavy (non-hydrogen) atoms. The molecule has 3 nitrogen and oxygen atoms in total. The number of anilines is 1. The largest absolute Gasteiger partial charge is 0.459 e. The second kappa shape index (κ2) is 4.68. The fourth-order valence-electron chi connectivity index (χ4n) is 0.806. The highest BCUT2D eigenvalue weighted by atomic mass is 79.9. The number of rotatable bonds is 0. The van der Waals surface area contributed by atoms with Gasteiger partial charge in [-0.15, -0.1) is 0 Å². The minimum atomic E-state index is -0.579. The molecular weight excluding hydrogens is 246 g/mol. The van der Waals surface area contributed by atoms with Crippen molar-refractivity contribution in [2.24, 2.45) is 0 Å². The molecule has 0 amide bonds. The van der Waals surface area contributed by atoms with E-state index in [2.05, 4.69) is 32.5 Å². The van der Waals surface area contributed by atoms with E-state index >= 15 is 0 Å². The van der Waals surface area contributed by atoms with Gasteiger partial charge in [-0.05, 0) is 18.2 Å². The van der Waals surface area contributed by atoms with Crippen LogP contribution in [0.3, 0.4) is 0 Å². The van der Waals surface area contributed by atoms with Gasteiger partial charge >= 0.3 is 5.97 Å². The van der Waals surface area contributed by atoms with Crippen LogP contribution < -0.4 is 5.73 Å². The lowest BCUT2D eigenvalue weighted by Crippen LogP contribution is -1.95. The van der Waals surface area contributed by atoms with Crippen molar-refractivity contribution in [2.45, 2.75) is 0 Å². The third-order valence-electron chi connectivity index (χ3n) is 1.50. The van der Waals surface area contributed by atoms with E-state index in [0.717, 1.165) is 4.47 Å². The van der Waals surface area contributed by atoms with Crippen molar-refractivity contribution in [1.82, 2.24) is 0 Å². The average Bonchev–Trinajstić information content (AvgIpc) is 2.19.